The molecule has 0 radical (unpaired) electrons. The van der Waals surface area contributed by atoms with E-state index in [0.29, 0.717) is 12.3 Å². The lowest BCUT2D eigenvalue weighted by Crippen LogP contribution is -3.00. The molecule has 0 aliphatic carbocycles. The van der Waals surface area contributed by atoms with Gasteiger partial charge in [-0.2, -0.15) is 4.57 Å². The van der Waals surface area contributed by atoms with Gasteiger partial charge in [0.2, 0.25) is 5.51 Å². The summed E-state index contributed by atoms with van der Waals surface area (Å²) in [5.41, 5.74) is 2.03. The molecule has 1 fully saturated rings. The van der Waals surface area contributed by atoms with Crippen molar-refractivity contribution in [2.45, 2.75) is 173 Å². The summed E-state index contributed by atoms with van der Waals surface area (Å²) in [5.74, 6) is 0.464. The van der Waals surface area contributed by atoms with E-state index in [2.05, 4.69) is 33.7 Å². The van der Waals surface area contributed by atoms with Crippen molar-refractivity contribution in [3.63, 3.8) is 0 Å². The van der Waals surface area contributed by atoms with Gasteiger partial charge in [-0.15, -0.1) is 5.16 Å². The highest BCUT2D eigenvalue weighted by atomic mass is 35.5. The summed E-state index contributed by atoms with van der Waals surface area (Å²) in [6.45, 7) is 5.87. The highest BCUT2D eigenvalue weighted by Gasteiger charge is 2.39. The van der Waals surface area contributed by atoms with Crippen molar-refractivity contribution in [2.24, 2.45) is 11.1 Å². The maximum atomic E-state index is 9.03. The average Bonchev–Trinajstić information content (AvgIpc) is 3.65. The molecule has 2 unspecified atom stereocenters. The van der Waals surface area contributed by atoms with Crippen molar-refractivity contribution < 1.29 is 31.7 Å². The second-order valence-electron chi connectivity index (χ2n) is 12.7. The molecule has 2 heterocycles. The predicted molar refractivity (Wildman–Crippen MR) is 174 cm³/mol. The molecule has 1 N–H and O–H groups in total. The molecule has 0 aromatic carbocycles. The number of nitrogens with zero attached hydrogens (tertiary/aromatic N) is 2. The Hall–Kier alpha value is -0.690. The molecule has 1 aliphatic rings. The summed E-state index contributed by atoms with van der Waals surface area (Å²) in [7, 11) is 0. The van der Waals surface area contributed by atoms with E-state index in [1.165, 1.54) is 128 Å². The van der Waals surface area contributed by atoms with E-state index in [0.717, 1.165) is 45.6 Å². The van der Waals surface area contributed by atoms with Gasteiger partial charge in [0.25, 0.3) is 0 Å². The monoisotopic (exact) mass is 628 g/mol. The Kier molecular flexibility index (Phi) is 26.1. The van der Waals surface area contributed by atoms with Gasteiger partial charge >= 0.3 is 0 Å². The minimum atomic E-state index is -0.156. The summed E-state index contributed by atoms with van der Waals surface area (Å²) in [6, 6.07) is 0. The first-order chi connectivity index (χ1) is 20.3. The Balaban J connectivity index is 0.00000882. The Labute approximate surface area is 269 Å². The van der Waals surface area contributed by atoms with Crippen LogP contribution < -0.4 is 17.0 Å². The number of hydrogen-bond donors (Lipinski definition) is 1. The van der Waals surface area contributed by atoms with Gasteiger partial charge in [-0.25, -0.2) is 0 Å². The van der Waals surface area contributed by atoms with E-state index in [4.69, 9.17) is 14.7 Å². The van der Waals surface area contributed by atoms with Crippen molar-refractivity contribution in [1.29, 1.82) is 0 Å². The number of thiazole rings is 1. The van der Waals surface area contributed by atoms with E-state index < -0.39 is 0 Å². The minimum absolute atomic E-state index is 0. The van der Waals surface area contributed by atoms with Crippen LogP contribution in [0.4, 0.5) is 0 Å². The Morgan fingerprint density at radius 2 is 1.43 bits per heavy atom. The second kappa shape index (κ2) is 27.8. The summed E-state index contributed by atoms with van der Waals surface area (Å²) in [6.07, 6.45) is 35.1. The predicted octanol–water partition coefficient (Wildman–Crippen LogP) is 7.28. The first-order valence-corrected chi connectivity index (χ1v) is 18.5. The Morgan fingerprint density at radius 1 is 0.857 bits per heavy atom. The molecule has 1 aromatic rings. The van der Waals surface area contributed by atoms with Crippen LogP contribution in [0.15, 0.2) is 22.2 Å². The van der Waals surface area contributed by atoms with Gasteiger partial charge in [0.1, 0.15) is 6.54 Å². The molecule has 0 spiro atoms. The van der Waals surface area contributed by atoms with Crippen LogP contribution in [0.2, 0.25) is 0 Å². The molecule has 1 aliphatic heterocycles. The first kappa shape index (κ1) is 39.3. The third-order valence-electron chi connectivity index (χ3n) is 8.90. The van der Waals surface area contributed by atoms with Crippen LogP contribution in [0, 0.1) is 5.92 Å². The number of aromatic nitrogens is 1. The average molecular weight is 629 g/mol. The number of rotatable bonds is 29. The van der Waals surface area contributed by atoms with Crippen LogP contribution in [0.5, 0.6) is 0 Å². The number of unbranched alkanes of at least 4 members (excludes halogenated alkanes) is 19. The van der Waals surface area contributed by atoms with Gasteiger partial charge in [-0.05, 0) is 25.7 Å². The van der Waals surface area contributed by atoms with Gasteiger partial charge in [0, 0.05) is 31.6 Å². The standard InChI is InChI=1S/C35H64N2O3S.ClH/c1-2-3-4-5-6-7-8-9-10-11-12-13-14-15-17-20-23-35(24-25-36-38)30-34(32-40-35)31-39-28-22-19-16-18-21-26-37-27-29-41-33-37;/h25,27,29,33-34H,2-24,26,28,30-32H2,1H3;1H. The van der Waals surface area contributed by atoms with Crippen LogP contribution in [0.3, 0.4) is 0 Å². The molecule has 7 heteroatoms. The molecule has 1 aromatic heterocycles. The molecule has 2 atom stereocenters. The smallest absolute Gasteiger partial charge is 0.224 e. The molecular formula is C35H65ClN2O3S. The molecule has 2 rings (SSSR count). The summed E-state index contributed by atoms with van der Waals surface area (Å²) < 4.78 is 14.7. The Morgan fingerprint density at radius 3 is 2.00 bits per heavy atom. The number of hydrogen-bond acceptors (Lipinski definition) is 5. The first-order valence-electron chi connectivity index (χ1n) is 17.6. The maximum absolute atomic E-state index is 9.03. The minimum Gasteiger partial charge on any atom is -1.00 e. The van der Waals surface area contributed by atoms with E-state index >= 15 is 0 Å². The Bertz CT molecular complexity index is 721. The number of oxime groups is 1. The molecule has 0 saturated carbocycles. The van der Waals surface area contributed by atoms with E-state index in [1.807, 2.05) is 0 Å². The topological polar surface area (TPSA) is 54.9 Å². The molecule has 0 amide bonds. The van der Waals surface area contributed by atoms with Gasteiger partial charge in [-0.1, -0.05) is 134 Å². The van der Waals surface area contributed by atoms with Crippen LogP contribution in [0.1, 0.15) is 161 Å². The lowest BCUT2D eigenvalue weighted by atomic mass is 9.86. The van der Waals surface area contributed by atoms with Crippen molar-refractivity contribution in [1.82, 2.24) is 0 Å². The van der Waals surface area contributed by atoms with Gasteiger partial charge in [0.15, 0.2) is 6.20 Å². The zero-order valence-corrected chi connectivity index (χ0v) is 28.7. The molecule has 246 valence electrons. The van der Waals surface area contributed by atoms with E-state index in [9.17, 15) is 0 Å². The van der Waals surface area contributed by atoms with E-state index in [1.54, 1.807) is 17.6 Å². The highest BCUT2D eigenvalue weighted by Crippen LogP contribution is 2.37. The fourth-order valence-electron chi connectivity index (χ4n) is 6.33. The molecule has 1 saturated heterocycles. The number of ether oxygens (including phenoxy) is 2. The fraction of sp³-hybridized carbons (Fsp3) is 0.886. The molecule has 5 nitrogen and oxygen atoms in total. The quantitative estimate of drug-likeness (QED) is 0.0333. The third kappa shape index (κ3) is 20.3. The lowest BCUT2D eigenvalue weighted by molar-refractivity contribution is -0.692. The van der Waals surface area contributed by atoms with Crippen LogP contribution >= 0.6 is 11.3 Å². The normalized spacial score (nSPS) is 18.6. The highest BCUT2D eigenvalue weighted by molar-refractivity contribution is 7.07. The molecular weight excluding hydrogens is 564 g/mol. The summed E-state index contributed by atoms with van der Waals surface area (Å²) in [4.78, 5) is 0. The van der Waals surface area contributed by atoms with Crippen LogP contribution in [-0.2, 0) is 16.0 Å². The zero-order valence-electron chi connectivity index (χ0n) is 27.1. The van der Waals surface area contributed by atoms with Crippen LogP contribution in [0.25, 0.3) is 0 Å². The second-order valence-corrected chi connectivity index (χ2v) is 13.5. The fourth-order valence-corrected chi connectivity index (χ4v) is 6.96. The summed E-state index contributed by atoms with van der Waals surface area (Å²) >= 11 is 1.76. The van der Waals surface area contributed by atoms with E-state index in [-0.39, 0.29) is 18.0 Å². The van der Waals surface area contributed by atoms with Gasteiger partial charge in [0.05, 0.1) is 24.2 Å². The lowest BCUT2D eigenvalue weighted by Gasteiger charge is -2.27. The van der Waals surface area contributed by atoms with Gasteiger partial charge in [-0.3, -0.25) is 0 Å². The third-order valence-corrected chi connectivity index (χ3v) is 9.57. The van der Waals surface area contributed by atoms with Crippen molar-refractivity contribution in [3.8, 4) is 0 Å². The largest absolute Gasteiger partial charge is 1.00 e. The summed E-state index contributed by atoms with van der Waals surface area (Å²) in [5, 5.41) is 14.5. The SMILES string of the molecule is CCCCCCCCCCCCCCCCCCC1(CC=NO)CC(COCCCCCCC[n+]2ccsc2)CO1.[Cl-]. The van der Waals surface area contributed by atoms with Gasteiger partial charge < -0.3 is 27.1 Å². The maximum Gasteiger partial charge on any atom is 0.224 e. The number of halogens is 1. The molecule has 42 heavy (non-hydrogen) atoms. The van der Waals surface area contributed by atoms with Crippen molar-refractivity contribution >= 4 is 17.6 Å². The molecule has 0 bridgehead atoms. The number of aryl methyl sites for hydroxylation is 1. The van der Waals surface area contributed by atoms with Crippen molar-refractivity contribution in [2.75, 3.05) is 19.8 Å². The van der Waals surface area contributed by atoms with Crippen molar-refractivity contribution in [3.05, 3.63) is 17.1 Å². The van der Waals surface area contributed by atoms with Crippen LogP contribution in [-0.4, -0.2) is 36.8 Å². The zero-order chi connectivity index (χ0) is 29.1.